The second-order valence-electron chi connectivity index (χ2n) is 5.56. The van der Waals surface area contributed by atoms with Crippen LogP contribution in [0.5, 0.6) is 5.75 Å². The second-order valence-corrected chi connectivity index (χ2v) is 6.92. The number of hydrogen-bond donors (Lipinski definition) is 1. The van der Waals surface area contributed by atoms with E-state index in [9.17, 15) is 9.90 Å². The lowest BCUT2D eigenvalue weighted by Crippen LogP contribution is -2.36. The van der Waals surface area contributed by atoms with Crippen LogP contribution in [0.3, 0.4) is 0 Å². The molecule has 0 spiro atoms. The Morgan fingerprint density at radius 1 is 1.14 bits per heavy atom. The van der Waals surface area contributed by atoms with Crippen molar-refractivity contribution >= 4 is 17.7 Å². The van der Waals surface area contributed by atoms with Gasteiger partial charge in [-0.05, 0) is 41.7 Å². The van der Waals surface area contributed by atoms with Gasteiger partial charge in [-0.15, -0.1) is 11.8 Å². The molecule has 0 radical (unpaired) electrons. The molecule has 0 fully saturated rings. The Labute approximate surface area is 134 Å². The van der Waals surface area contributed by atoms with E-state index in [-0.39, 0.29) is 0 Å². The molecule has 0 aromatic heterocycles. The molecule has 0 aliphatic heterocycles. The van der Waals surface area contributed by atoms with Crippen molar-refractivity contribution < 1.29 is 14.6 Å². The van der Waals surface area contributed by atoms with Crippen molar-refractivity contribution in [1.29, 1.82) is 0 Å². The molecule has 3 rings (SSSR count). The zero-order valence-corrected chi connectivity index (χ0v) is 13.2. The quantitative estimate of drug-likeness (QED) is 0.917. The molecule has 0 saturated heterocycles. The fourth-order valence-electron chi connectivity index (χ4n) is 2.84. The Morgan fingerprint density at radius 2 is 1.73 bits per heavy atom. The maximum absolute atomic E-state index is 11.9. The molecule has 1 aliphatic carbocycles. The molecule has 22 heavy (non-hydrogen) atoms. The highest BCUT2D eigenvalue weighted by Crippen LogP contribution is 2.42. The number of fused-ring (bicyclic) bond motifs is 1. The van der Waals surface area contributed by atoms with Gasteiger partial charge in [-0.2, -0.15) is 0 Å². The minimum Gasteiger partial charge on any atom is -0.497 e. The number of carbonyl (C=O) groups is 1. The molecule has 0 heterocycles. The zero-order chi connectivity index (χ0) is 15.6. The summed E-state index contributed by atoms with van der Waals surface area (Å²) in [5, 5.41) is 9.76. The molecule has 0 unspecified atom stereocenters. The van der Waals surface area contributed by atoms with E-state index in [1.165, 1.54) is 11.8 Å². The van der Waals surface area contributed by atoms with Crippen LogP contribution in [0.1, 0.15) is 16.7 Å². The number of rotatable bonds is 5. The molecule has 0 amide bonds. The van der Waals surface area contributed by atoms with Gasteiger partial charge in [-0.25, -0.2) is 0 Å². The molecular weight excluding hydrogens is 296 g/mol. The summed E-state index contributed by atoms with van der Waals surface area (Å²) in [6, 6.07) is 15.8. The Morgan fingerprint density at radius 3 is 2.23 bits per heavy atom. The van der Waals surface area contributed by atoms with Gasteiger partial charge in [0.1, 0.15) is 10.5 Å². The standard InChI is InChI=1S/C18H18O3S/c1-21-16-8-6-13(7-9-16)12-22-18(17(19)20)10-14-4-2-3-5-15(14)11-18/h2-9H,10-12H2,1H3,(H,19,20). The predicted molar refractivity (Wildman–Crippen MR) is 88.5 cm³/mol. The zero-order valence-electron chi connectivity index (χ0n) is 12.4. The number of carboxylic acids is 1. The third-order valence-corrected chi connectivity index (χ3v) is 5.63. The summed E-state index contributed by atoms with van der Waals surface area (Å²) in [6.07, 6.45) is 1.19. The molecule has 0 bridgehead atoms. The van der Waals surface area contributed by atoms with E-state index in [4.69, 9.17) is 4.74 Å². The fraction of sp³-hybridized carbons (Fsp3) is 0.278. The van der Waals surface area contributed by atoms with Crippen molar-refractivity contribution in [2.24, 2.45) is 0 Å². The van der Waals surface area contributed by atoms with Gasteiger partial charge in [0, 0.05) is 5.75 Å². The third-order valence-electron chi connectivity index (χ3n) is 4.13. The average molecular weight is 314 g/mol. The van der Waals surface area contributed by atoms with Crippen molar-refractivity contribution in [2.75, 3.05) is 7.11 Å². The summed E-state index contributed by atoms with van der Waals surface area (Å²) in [4.78, 5) is 11.9. The second kappa shape index (κ2) is 6.05. The smallest absolute Gasteiger partial charge is 0.320 e. The molecule has 2 aromatic rings. The van der Waals surface area contributed by atoms with E-state index in [1.807, 2.05) is 48.5 Å². The van der Waals surface area contributed by atoms with Gasteiger partial charge < -0.3 is 9.84 Å². The van der Waals surface area contributed by atoms with Gasteiger partial charge in [-0.3, -0.25) is 4.79 Å². The van der Waals surface area contributed by atoms with Crippen LogP contribution in [-0.2, 0) is 23.4 Å². The lowest BCUT2D eigenvalue weighted by Gasteiger charge is -2.23. The average Bonchev–Trinajstić information content (AvgIpc) is 2.93. The molecule has 4 heteroatoms. The number of ether oxygens (including phenoxy) is 1. The van der Waals surface area contributed by atoms with Crippen LogP contribution in [-0.4, -0.2) is 22.9 Å². The maximum atomic E-state index is 11.9. The van der Waals surface area contributed by atoms with E-state index in [2.05, 4.69) is 0 Å². The van der Waals surface area contributed by atoms with Gasteiger partial charge in [0.2, 0.25) is 0 Å². The number of hydrogen-bond acceptors (Lipinski definition) is 3. The van der Waals surface area contributed by atoms with Crippen molar-refractivity contribution in [3.05, 3.63) is 65.2 Å². The van der Waals surface area contributed by atoms with E-state index in [0.717, 1.165) is 22.4 Å². The molecule has 114 valence electrons. The van der Waals surface area contributed by atoms with Crippen LogP contribution < -0.4 is 4.74 Å². The molecule has 0 atom stereocenters. The lowest BCUT2D eigenvalue weighted by molar-refractivity contribution is -0.139. The molecule has 2 aromatic carbocycles. The molecular formula is C18H18O3S. The number of thioether (sulfide) groups is 1. The monoisotopic (exact) mass is 314 g/mol. The van der Waals surface area contributed by atoms with Gasteiger partial charge in [0.15, 0.2) is 0 Å². The van der Waals surface area contributed by atoms with Gasteiger partial charge in [-0.1, -0.05) is 36.4 Å². The summed E-state index contributed by atoms with van der Waals surface area (Å²) >= 11 is 1.52. The van der Waals surface area contributed by atoms with E-state index < -0.39 is 10.7 Å². The Kier molecular flexibility index (Phi) is 4.12. The highest BCUT2D eigenvalue weighted by molar-refractivity contribution is 8.00. The summed E-state index contributed by atoms with van der Waals surface area (Å²) in [7, 11) is 1.64. The van der Waals surface area contributed by atoms with E-state index >= 15 is 0 Å². The highest BCUT2D eigenvalue weighted by Gasteiger charge is 2.44. The first kappa shape index (κ1) is 15.0. The maximum Gasteiger partial charge on any atom is 0.320 e. The van der Waals surface area contributed by atoms with Gasteiger partial charge >= 0.3 is 5.97 Å². The van der Waals surface area contributed by atoms with E-state index in [0.29, 0.717) is 18.6 Å². The first-order valence-electron chi connectivity index (χ1n) is 7.20. The predicted octanol–water partition coefficient (Wildman–Crippen LogP) is 3.55. The normalized spacial score (nSPS) is 15.3. The summed E-state index contributed by atoms with van der Waals surface area (Å²) in [6.45, 7) is 0. The number of aliphatic carboxylic acids is 1. The lowest BCUT2D eigenvalue weighted by atomic mass is 10.1. The topological polar surface area (TPSA) is 46.5 Å². The summed E-state index contributed by atoms with van der Waals surface area (Å²) < 4.78 is 4.40. The first-order valence-corrected chi connectivity index (χ1v) is 8.18. The summed E-state index contributed by atoms with van der Waals surface area (Å²) in [5.41, 5.74) is 3.43. The van der Waals surface area contributed by atoms with Crippen LogP contribution >= 0.6 is 11.8 Å². The van der Waals surface area contributed by atoms with Crippen LogP contribution in [0.15, 0.2) is 48.5 Å². The number of carboxylic acid groups (broad SMARTS) is 1. The van der Waals surface area contributed by atoms with Crippen LogP contribution in [0.4, 0.5) is 0 Å². The minimum absolute atomic E-state index is 0.597. The van der Waals surface area contributed by atoms with E-state index in [1.54, 1.807) is 7.11 Å². The number of benzene rings is 2. The molecule has 0 saturated carbocycles. The Hall–Kier alpha value is -1.94. The largest absolute Gasteiger partial charge is 0.497 e. The highest BCUT2D eigenvalue weighted by atomic mass is 32.2. The molecule has 1 aliphatic rings. The number of methoxy groups -OCH3 is 1. The van der Waals surface area contributed by atoms with Crippen molar-refractivity contribution in [3.8, 4) is 5.75 Å². The Bertz CT molecular complexity index is 654. The van der Waals surface area contributed by atoms with Gasteiger partial charge in [0.25, 0.3) is 0 Å². The van der Waals surface area contributed by atoms with Crippen molar-refractivity contribution in [2.45, 2.75) is 23.3 Å². The van der Waals surface area contributed by atoms with Crippen molar-refractivity contribution in [1.82, 2.24) is 0 Å². The fourth-order valence-corrected chi connectivity index (χ4v) is 4.11. The third kappa shape index (κ3) is 2.83. The van der Waals surface area contributed by atoms with Gasteiger partial charge in [0.05, 0.1) is 7.11 Å². The SMILES string of the molecule is COc1ccc(CSC2(C(=O)O)Cc3ccccc3C2)cc1. The molecule has 1 N–H and O–H groups in total. The van der Waals surface area contributed by atoms with Crippen LogP contribution in [0.2, 0.25) is 0 Å². The van der Waals surface area contributed by atoms with Crippen LogP contribution in [0, 0.1) is 0 Å². The van der Waals surface area contributed by atoms with Crippen molar-refractivity contribution in [3.63, 3.8) is 0 Å². The van der Waals surface area contributed by atoms with Crippen LogP contribution in [0.25, 0.3) is 0 Å². The Balaban J connectivity index is 1.75. The molecule has 3 nitrogen and oxygen atoms in total. The minimum atomic E-state index is -0.746. The summed E-state index contributed by atoms with van der Waals surface area (Å²) in [5.74, 6) is 0.779. The first-order chi connectivity index (χ1) is 10.6.